The van der Waals surface area contributed by atoms with Crippen molar-refractivity contribution in [3.8, 4) is 0 Å². The molecule has 1 fully saturated rings. The lowest BCUT2D eigenvalue weighted by atomic mass is 9.85. The Bertz CT molecular complexity index is 191. The first-order valence-electron chi connectivity index (χ1n) is 7.05. The number of piperidine rings is 1. The SMILES string of the molecule is CCNC1CC(C(C)C)CN(C(C)CC)C1. The van der Waals surface area contributed by atoms with Gasteiger partial charge in [0.15, 0.2) is 0 Å². The number of likely N-dealkylation sites (N-methyl/N-ethyl adjacent to an activating group) is 1. The molecule has 0 saturated carbocycles. The zero-order valence-electron chi connectivity index (χ0n) is 11.8. The summed E-state index contributed by atoms with van der Waals surface area (Å²) in [6.45, 7) is 15.3. The molecule has 2 nitrogen and oxygen atoms in total. The molecule has 1 aliphatic heterocycles. The molecule has 16 heavy (non-hydrogen) atoms. The van der Waals surface area contributed by atoms with Gasteiger partial charge in [-0.1, -0.05) is 27.7 Å². The van der Waals surface area contributed by atoms with Gasteiger partial charge in [0.25, 0.3) is 0 Å². The molecule has 0 aromatic carbocycles. The lowest BCUT2D eigenvalue weighted by Gasteiger charge is -2.42. The second-order valence-corrected chi connectivity index (χ2v) is 5.71. The standard InChI is InChI=1S/C14H30N2/c1-6-12(5)16-9-13(11(3)4)8-14(10-16)15-7-2/h11-15H,6-10H2,1-5H3. The number of rotatable bonds is 5. The number of hydrogen-bond donors (Lipinski definition) is 1. The van der Waals surface area contributed by atoms with E-state index in [4.69, 9.17) is 0 Å². The Morgan fingerprint density at radius 3 is 2.38 bits per heavy atom. The van der Waals surface area contributed by atoms with Gasteiger partial charge in [0.1, 0.15) is 0 Å². The summed E-state index contributed by atoms with van der Waals surface area (Å²) in [7, 11) is 0. The summed E-state index contributed by atoms with van der Waals surface area (Å²) in [6.07, 6.45) is 2.63. The molecule has 96 valence electrons. The lowest BCUT2D eigenvalue weighted by molar-refractivity contribution is 0.0834. The van der Waals surface area contributed by atoms with Crippen molar-refractivity contribution in [3.05, 3.63) is 0 Å². The molecular weight excluding hydrogens is 196 g/mol. The molecule has 0 aromatic heterocycles. The minimum Gasteiger partial charge on any atom is -0.313 e. The van der Waals surface area contributed by atoms with E-state index in [2.05, 4.69) is 44.8 Å². The van der Waals surface area contributed by atoms with Crippen LogP contribution in [-0.4, -0.2) is 36.6 Å². The zero-order valence-corrected chi connectivity index (χ0v) is 11.8. The van der Waals surface area contributed by atoms with Gasteiger partial charge < -0.3 is 5.32 Å². The van der Waals surface area contributed by atoms with Crippen molar-refractivity contribution < 1.29 is 0 Å². The Hall–Kier alpha value is -0.0800. The lowest BCUT2D eigenvalue weighted by Crippen LogP contribution is -2.52. The Labute approximate surface area is 102 Å². The molecule has 0 radical (unpaired) electrons. The van der Waals surface area contributed by atoms with Gasteiger partial charge in [-0.25, -0.2) is 0 Å². The molecular formula is C14H30N2. The van der Waals surface area contributed by atoms with Crippen molar-refractivity contribution in [2.75, 3.05) is 19.6 Å². The maximum atomic E-state index is 3.64. The van der Waals surface area contributed by atoms with E-state index in [0.29, 0.717) is 6.04 Å². The van der Waals surface area contributed by atoms with Gasteiger partial charge in [-0.3, -0.25) is 4.90 Å². The molecule has 1 rings (SSSR count). The maximum Gasteiger partial charge on any atom is 0.0198 e. The summed E-state index contributed by atoms with van der Waals surface area (Å²) in [5, 5.41) is 3.64. The predicted molar refractivity (Wildman–Crippen MR) is 71.7 cm³/mol. The zero-order chi connectivity index (χ0) is 12.1. The second-order valence-electron chi connectivity index (χ2n) is 5.71. The summed E-state index contributed by atoms with van der Waals surface area (Å²) < 4.78 is 0. The van der Waals surface area contributed by atoms with Crippen LogP contribution in [0, 0.1) is 11.8 Å². The van der Waals surface area contributed by atoms with Crippen LogP contribution in [0.1, 0.15) is 47.5 Å². The number of hydrogen-bond acceptors (Lipinski definition) is 2. The first-order chi connectivity index (χ1) is 7.58. The van der Waals surface area contributed by atoms with E-state index in [1.165, 1.54) is 25.9 Å². The van der Waals surface area contributed by atoms with Gasteiger partial charge in [-0.2, -0.15) is 0 Å². The molecule has 2 heteroatoms. The van der Waals surface area contributed by atoms with Gasteiger partial charge in [0.05, 0.1) is 0 Å². The highest BCUT2D eigenvalue weighted by Crippen LogP contribution is 2.25. The van der Waals surface area contributed by atoms with Crippen LogP contribution in [0.5, 0.6) is 0 Å². The van der Waals surface area contributed by atoms with Crippen molar-refractivity contribution in [1.82, 2.24) is 10.2 Å². The average molecular weight is 226 g/mol. The Kier molecular flexibility index (Phi) is 5.77. The predicted octanol–water partition coefficient (Wildman–Crippen LogP) is 2.74. The second kappa shape index (κ2) is 6.61. The highest BCUT2D eigenvalue weighted by atomic mass is 15.2. The summed E-state index contributed by atoms with van der Waals surface area (Å²) >= 11 is 0. The normalized spacial score (nSPS) is 29.6. The van der Waals surface area contributed by atoms with Gasteiger partial charge in [0, 0.05) is 25.2 Å². The maximum absolute atomic E-state index is 3.64. The largest absolute Gasteiger partial charge is 0.313 e. The van der Waals surface area contributed by atoms with Crippen LogP contribution < -0.4 is 5.32 Å². The van der Waals surface area contributed by atoms with Crippen LogP contribution >= 0.6 is 0 Å². The minimum atomic E-state index is 0.708. The number of nitrogens with one attached hydrogen (secondary N) is 1. The van der Waals surface area contributed by atoms with Crippen LogP contribution in [0.15, 0.2) is 0 Å². The van der Waals surface area contributed by atoms with Crippen molar-refractivity contribution >= 4 is 0 Å². The quantitative estimate of drug-likeness (QED) is 0.775. The molecule has 0 aliphatic carbocycles. The van der Waals surface area contributed by atoms with Crippen molar-refractivity contribution in [2.24, 2.45) is 11.8 Å². The molecule has 3 unspecified atom stereocenters. The highest BCUT2D eigenvalue weighted by molar-refractivity contribution is 4.86. The van der Waals surface area contributed by atoms with Gasteiger partial charge in [-0.05, 0) is 38.1 Å². The van der Waals surface area contributed by atoms with Crippen LogP contribution in [0.25, 0.3) is 0 Å². The Morgan fingerprint density at radius 1 is 1.19 bits per heavy atom. The first kappa shape index (κ1) is 14.0. The fourth-order valence-electron chi connectivity index (χ4n) is 2.71. The first-order valence-corrected chi connectivity index (χ1v) is 7.05. The molecule has 1 aliphatic rings. The summed E-state index contributed by atoms with van der Waals surface area (Å²) in [4.78, 5) is 2.68. The molecule has 1 saturated heterocycles. The van der Waals surface area contributed by atoms with Crippen molar-refractivity contribution in [1.29, 1.82) is 0 Å². The average Bonchev–Trinajstić information content (AvgIpc) is 2.28. The molecule has 1 N–H and O–H groups in total. The molecule has 0 bridgehead atoms. The van der Waals surface area contributed by atoms with Crippen LogP contribution in [0.2, 0.25) is 0 Å². The van der Waals surface area contributed by atoms with E-state index in [1.807, 2.05) is 0 Å². The van der Waals surface area contributed by atoms with Gasteiger partial charge in [-0.15, -0.1) is 0 Å². The van der Waals surface area contributed by atoms with Crippen LogP contribution in [0.4, 0.5) is 0 Å². The fourth-order valence-corrected chi connectivity index (χ4v) is 2.71. The van der Waals surface area contributed by atoms with E-state index >= 15 is 0 Å². The van der Waals surface area contributed by atoms with E-state index in [1.54, 1.807) is 0 Å². The van der Waals surface area contributed by atoms with Crippen LogP contribution in [-0.2, 0) is 0 Å². The number of likely N-dealkylation sites (tertiary alicyclic amines) is 1. The summed E-state index contributed by atoms with van der Waals surface area (Å²) in [6, 6.07) is 1.45. The highest BCUT2D eigenvalue weighted by Gasteiger charge is 2.30. The Balaban J connectivity index is 2.58. The third kappa shape index (κ3) is 3.74. The fraction of sp³-hybridized carbons (Fsp3) is 1.00. The molecule has 3 atom stereocenters. The van der Waals surface area contributed by atoms with Crippen molar-refractivity contribution in [2.45, 2.75) is 59.5 Å². The van der Waals surface area contributed by atoms with E-state index in [0.717, 1.165) is 24.4 Å². The Morgan fingerprint density at radius 2 is 1.88 bits per heavy atom. The van der Waals surface area contributed by atoms with Crippen molar-refractivity contribution in [3.63, 3.8) is 0 Å². The molecule has 0 amide bonds. The van der Waals surface area contributed by atoms with Crippen LogP contribution in [0.3, 0.4) is 0 Å². The third-order valence-corrected chi connectivity index (χ3v) is 4.16. The van der Waals surface area contributed by atoms with E-state index in [-0.39, 0.29) is 0 Å². The minimum absolute atomic E-state index is 0.708. The topological polar surface area (TPSA) is 15.3 Å². The molecule has 0 aromatic rings. The third-order valence-electron chi connectivity index (χ3n) is 4.16. The molecule has 1 heterocycles. The van der Waals surface area contributed by atoms with E-state index < -0.39 is 0 Å². The summed E-state index contributed by atoms with van der Waals surface area (Å²) in [5.41, 5.74) is 0. The van der Waals surface area contributed by atoms with Gasteiger partial charge >= 0.3 is 0 Å². The molecule has 0 spiro atoms. The smallest absolute Gasteiger partial charge is 0.0198 e. The number of nitrogens with zero attached hydrogens (tertiary/aromatic N) is 1. The summed E-state index contributed by atoms with van der Waals surface area (Å²) in [5.74, 6) is 1.68. The van der Waals surface area contributed by atoms with Gasteiger partial charge in [0.2, 0.25) is 0 Å². The monoisotopic (exact) mass is 226 g/mol. The van der Waals surface area contributed by atoms with E-state index in [9.17, 15) is 0 Å².